The largest absolute Gasteiger partial charge is 0.382 e. The van der Waals surface area contributed by atoms with Gasteiger partial charge in [-0.1, -0.05) is 24.4 Å². The molecule has 0 aromatic heterocycles. The molecule has 0 radical (unpaired) electrons. The number of likely N-dealkylation sites (tertiary alicyclic amines) is 1. The molecule has 1 aromatic carbocycles. The zero-order chi connectivity index (χ0) is 20.0. The highest BCUT2D eigenvalue weighted by molar-refractivity contribution is 7.98. The maximum absolute atomic E-state index is 12.6. The predicted octanol–water partition coefficient (Wildman–Crippen LogP) is 4.05. The minimum absolute atomic E-state index is 0.157. The number of hydrogen-bond donors (Lipinski definition) is 2. The molecule has 0 bridgehead atoms. The molecule has 0 unspecified atom stereocenters. The summed E-state index contributed by atoms with van der Waals surface area (Å²) in [6.07, 6.45) is 9.42. The zero-order valence-electron chi connectivity index (χ0n) is 16.6. The lowest BCUT2D eigenvalue weighted by Gasteiger charge is -2.36. The van der Waals surface area contributed by atoms with Gasteiger partial charge in [0.2, 0.25) is 10.0 Å². The molecule has 3 rings (SSSR count). The van der Waals surface area contributed by atoms with Crippen molar-refractivity contribution in [2.75, 3.05) is 43.5 Å². The van der Waals surface area contributed by atoms with Gasteiger partial charge in [0.25, 0.3) is 0 Å². The lowest BCUT2D eigenvalue weighted by Crippen LogP contribution is -2.36. The molecule has 2 N–H and O–H groups in total. The van der Waals surface area contributed by atoms with Crippen molar-refractivity contribution < 1.29 is 8.42 Å². The quantitative estimate of drug-likeness (QED) is 0.600. The van der Waals surface area contributed by atoms with Crippen LogP contribution in [0.2, 0.25) is 5.02 Å². The molecule has 0 atom stereocenters. The van der Waals surface area contributed by atoms with Crippen LogP contribution in [0, 0.1) is 5.92 Å². The first kappa shape index (κ1) is 22.2. The molecule has 8 heteroatoms. The molecule has 2 fully saturated rings. The van der Waals surface area contributed by atoms with E-state index in [1.165, 1.54) is 31.4 Å². The van der Waals surface area contributed by atoms with Crippen LogP contribution in [-0.2, 0) is 10.0 Å². The summed E-state index contributed by atoms with van der Waals surface area (Å²) in [5, 5.41) is 3.73. The fourth-order valence-corrected chi connectivity index (χ4v) is 6.35. The molecule has 1 saturated heterocycles. The molecular weight excluding hydrogens is 414 g/mol. The highest BCUT2D eigenvalue weighted by Crippen LogP contribution is 2.33. The molecule has 2 aliphatic rings. The van der Waals surface area contributed by atoms with Crippen molar-refractivity contribution in [1.29, 1.82) is 0 Å². The van der Waals surface area contributed by atoms with Gasteiger partial charge in [0.1, 0.15) is 4.90 Å². The summed E-state index contributed by atoms with van der Waals surface area (Å²) in [4.78, 5) is 2.50. The van der Waals surface area contributed by atoms with E-state index in [1.807, 2.05) is 17.8 Å². The monoisotopic (exact) mass is 445 g/mol. The zero-order valence-corrected chi connectivity index (χ0v) is 19.0. The van der Waals surface area contributed by atoms with Crippen molar-refractivity contribution >= 4 is 39.1 Å². The summed E-state index contributed by atoms with van der Waals surface area (Å²) < 4.78 is 28.0. The fourth-order valence-electron chi connectivity index (χ4n) is 4.05. The summed E-state index contributed by atoms with van der Waals surface area (Å²) >= 11 is 8.21. The third-order valence-electron chi connectivity index (χ3n) is 5.65. The molecule has 1 aliphatic carbocycles. The van der Waals surface area contributed by atoms with Crippen molar-refractivity contribution in [3.63, 3.8) is 0 Å². The molecule has 158 valence electrons. The minimum atomic E-state index is -3.59. The number of sulfonamides is 1. The van der Waals surface area contributed by atoms with Crippen LogP contribution in [0.15, 0.2) is 23.1 Å². The minimum Gasteiger partial charge on any atom is -0.382 e. The summed E-state index contributed by atoms with van der Waals surface area (Å²) in [6.45, 7) is 3.27. The van der Waals surface area contributed by atoms with Gasteiger partial charge in [-0.2, -0.15) is 11.8 Å². The van der Waals surface area contributed by atoms with E-state index < -0.39 is 10.0 Å². The number of rotatable bonds is 9. The lowest BCUT2D eigenvalue weighted by molar-refractivity contribution is 0.290. The van der Waals surface area contributed by atoms with E-state index in [4.69, 9.17) is 11.6 Å². The lowest BCUT2D eigenvalue weighted by atomic mass is 9.81. The summed E-state index contributed by atoms with van der Waals surface area (Å²) in [7, 11) is -3.59. The summed E-state index contributed by atoms with van der Waals surface area (Å²) in [5.41, 5.74) is 0.890. The Morgan fingerprint density at radius 3 is 2.54 bits per heavy atom. The summed E-state index contributed by atoms with van der Waals surface area (Å²) in [6, 6.07) is 5.61. The van der Waals surface area contributed by atoms with Crippen LogP contribution < -0.4 is 10.0 Å². The van der Waals surface area contributed by atoms with Crippen LogP contribution in [0.3, 0.4) is 0 Å². The predicted molar refractivity (Wildman–Crippen MR) is 120 cm³/mol. The van der Waals surface area contributed by atoms with Gasteiger partial charge in [-0.05, 0) is 74.9 Å². The molecule has 1 saturated carbocycles. The number of anilines is 1. The van der Waals surface area contributed by atoms with E-state index in [0.717, 1.165) is 44.1 Å². The van der Waals surface area contributed by atoms with E-state index in [-0.39, 0.29) is 9.92 Å². The normalized spacial score (nSPS) is 23.8. The Labute approximate surface area is 179 Å². The molecule has 0 amide bonds. The van der Waals surface area contributed by atoms with Crippen LogP contribution in [-0.4, -0.2) is 57.5 Å². The smallest absolute Gasteiger partial charge is 0.242 e. The van der Waals surface area contributed by atoms with Crippen molar-refractivity contribution in [2.24, 2.45) is 5.92 Å². The first-order chi connectivity index (χ1) is 13.5. The number of benzene rings is 1. The molecule has 0 spiro atoms. The average Bonchev–Trinajstić information content (AvgIpc) is 2.88. The number of nitrogens with zero attached hydrogens (tertiary/aromatic N) is 1. The van der Waals surface area contributed by atoms with Gasteiger partial charge in [-0.15, -0.1) is 0 Å². The topological polar surface area (TPSA) is 61.4 Å². The van der Waals surface area contributed by atoms with Crippen LogP contribution in [0.25, 0.3) is 0 Å². The fraction of sp³-hybridized carbons (Fsp3) is 0.700. The van der Waals surface area contributed by atoms with Crippen molar-refractivity contribution in [1.82, 2.24) is 9.62 Å². The molecule has 1 aliphatic heterocycles. The Kier molecular flexibility index (Phi) is 8.35. The van der Waals surface area contributed by atoms with E-state index >= 15 is 0 Å². The van der Waals surface area contributed by atoms with Gasteiger partial charge in [0, 0.05) is 24.8 Å². The number of nitrogens with one attached hydrogen (secondary N) is 2. The molecule has 28 heavy (non-hydrogen) atoms. The Morgan fingerprint density at radius 2 is 1.89 bits per heavy atom. The second kappa shape index (κ2) is 10.5. The Balaban J connectivity index is 1.50. The van der Waals surface area contributed by atoms with E-state index in [2.05, 4.69) is 21.2 Å². The summed E-state index contributed by atoms with van der Waals surface area (Å²) in [5.74, 6) is 2.00. The van der Waals surface area contributed by atoms with Crippen molar-refractivity contribution in [2.45, 2.75) is 49.5 Å². The second-order valence-corrected chi connectivity index (χ2v) is 11.0. The Morgan fingerprint density at radius 1 is 1.18 bits per heavy atom. The standard InChI is InChI=1S/C20H32ClN3O2S2/c1-27-15-16-12-18(13-16)23-17-6-7-20(19(21)14-17)28(25,26)22-8-11-24-9-4-2-3-5-10-24/h6-7,14,16,18,22-23H,2-5,8-13,15H2,1H3. The van der Waals surface area contributed by atoms with Crippen molar-refractivity contribution in [3.8, 4) is 0 Å². The first-order valence-corrected chi connectivity index (χ1v) is 13.5. The van der Waals surface area contributed by atoms with Crippen LogP contribution >= 0.6 is 23.4 Å². The van der Waals surface area contributed by atoms with Crippen LogP contribution in [0.4, 0.5) is 5.69 Å². The van der Waals surface area contributed by atoms with Crippen molar-refractivity contribution in [3.05, 3.63) is 23.2 Å². The average molecular weight is 446 g/mol. The second-order valence-electron chi connectivity index (χ2n) is 7.93. The Hall–Kier alpha value is -0.470. The van der Waals surface area contributed by atoms with Gasteiger partial charge in [0.15, 0.2) is 0 Å². The Bertz CT molecular complexity index is 731. The van der Waals surface area contributed by atoms with Gasteiger partial charge >= 0.3 is 0 Å². The van der Waals surface area contributed by atoms with Gasteiger partial charge in [-0.25, -0.2) is 13.1 Å². The molecule has 1 aromatic rings. The molecule has 5 nitrogen and oxygen atoms in total. The maximum Gasteiger partial charge on any atom is 0.242 e. The van der Waals surface area contributed by atoms with E-state index in [1.54, 1.807) is 12.1 Å². The van der Waals surface area contributed by atoms with Gasteiger partial charge in [0.05, 0.1) is 5.02 Å². The first-order valence-electron chi connectivity index (χ1n) is 10.2. The molecule has 1 heterocycles. The van der Waals surface area contributed by atoms with Crippen LogP contribution in [0.5, 0.6) is 0 Å². The van der Waals surface area contributed by atoms with Crippen LogP contribution in [0.1, 0.15) is 38.5 Å². The van der Waals surface area contributed by atoms with E-state index in [9.17, 15) is 8.42 Å². The SMILES string of the molecule is CSCC1CC(Nc2ccc(S(=O)(=O)NCCN3CCCCCC3)c(Cl)c2)C1. The van der Waals surface area contributed by atoms with E-state index in [0.29, 0.717) is 12.6 Å². The maximum atomic E-state index is 12.6. The number of halogens is 1. The molecular formula is C20H32ClN3O2S2. The highest BCUT2D eigenvalue weighted by Gasteiger charge is 2.28. The van der Waals surface area contributed by atoms with Gasteiger partial charge < -0.3 is 10.2 Å². The number of hydrogen-bond acceptors (Lipinski definition) is 5. The van der Waals surface area contributed by atoms with Gasteiger partial charge in [-0.3, -0.25) is 0 Å². The third kappa shape index (κ3) is 6.26. The third-order valence-corrected chi connectivity index (χ3v) is 8.40. The highest BCUT2D eigenvalue weighted by atomic mass is 35.5. The number of thioether (sulfide) groups is 1.